The Balaban J connectivity index is 2.50. The molecule has 0 aliphatic carbocycles. The fraction of sp³-hybridized carbons (Fsp3) is 0.455. The van der Waals surface area contributed by atoms with E-state index in [-0.39, 0.29) is 6.54 Å². The van der Waals surface area contributed by atoms with Crippen LogP contribution in [-0.4, -0.2) is 24.7 Å². The van der Waals surface area contributed by atoms with Crippen LogP contribution in [0.15, 0.2) is 12.1 Å². The molecule has 0 bridgehead atoms. The lowest BCUT2D eigenvalue weighted by atomic mass is 9.97. The summed E-state index contributed by atoms with van der Waals surface area (Å²) >= 11 is 0. The molecule has 0 amide bonds. The molecular formula is C11H12F4N2O. The molecule has 1 aliphatic heterocycles. The first-order valence-corrected chi connectivity index (χ1v) is 5.44. The van der Waals surface area contributed by atoms with E-state index in [0.29, 0.717) is 25.2 Å². The standard InChI is InChI=1S/C11H12F4N2O/c12-7-2-1-6(11(13,14)15)9(10(7)18)8-5-16-3-4-17-8/h1-2,8,16-18H,3-5H2/t8-/m1/s1. The van der Waals surface area contributed by atoms with Crippen LogP contribution in [0.3, 0.4) is 0 Å². The predicted molar refractivity (Wildman–Crippen MR) is 56.7 cm³/mol. The van der Waals surface area contributed by atoms with Crippen molar-refractivity contribution in [1.29, 1.82) is 0 Å². The molecular weight excluding hydrogens is 252 g/mol. The normalized spacial score (nSPS) is 21.0. The van der Waals surface area contributed by atoms with Crippen LogP contribution in [0.5, 0.6) is 5.75 Å². The molecule has 1 atom stereocenters. The van der Waals surface area contributed by atoms with Crippen molar-refractivity contribution in [2.45, 2.75) is 12.2 Å². The number of rotatable bonds is 1. The maximum atomic E-state index is 13.2. The molecule has 100 valence electrons. The van der Waals surface area contributed by atoms with E-state index in [1.54, 1.807) is 0 Å². The third-order valence-corrected chi connectivity index (χ3v) is 2.86. The van der Waals surface area contributed by atoms with Gasteiger partial charge in [0.15, 0.2) is 11.6 Å². The minimum Gasteiger partial charge on any atom is -0.505 e. The van der Waals surface area contributed by atoms with E-state index >= 15 is 0 Å². The molecule has 18 heavy (non-hydrogen) atoms. The molecule has 0 saturated carbocycles. The highest BCUT2D eigenvalue weighted by atomic mass is 19.4. The second-order valence-corrected chi connectivity index (χ2v) is 4.07. The Bertz CT molecular complexity index is 441. The van der Waals surface area contributed by atoms with E-state index in [4.69, 9.17) is 0 Å². The summed E-state index contributed by atoms with van der Waals surface area (Å²) in [4.78, 5) is 0. The van der Waals surface area contributed by atoms with Gasteiger partial charge in [-0.3, -0.25) is 0 Å². The molecule has 1 heterocycles. The summed E-state index contributed by atoms with van der Waals surface area (Å²) in [6.07, 6.45) is -4.63. The first-order valence-electron chi connectivity index (χ1n) is 5.44. The molecule has 0 unspecified atom stereocenters. The lowest BCUT2D eigenvalue weighted by Crippen LogP contribution is -2.43. The predicted octanol–water partition coefficient (Wildman–Crippen LogP) is 1.78. The van der Waals surface area contributed by atoms with Gasteiger partial charge in [-0.1, -0.05) is 0 Å². The van der Waals surface area contributed by atoms with E-state index < -0.39 is 34.9 Å². The molecule has 0 aromatic heterocycles. The maximum absolute atomic E-state index is 13.2. The Labute approximate surface area is 101 Å². The lowest BCUT2D eigenvalue weighted by Gasteiger charge is -2.28. The zero-order valence-electron chi connectivity index (χ0n) is 9.31. The minimum atomic E-state index is -4.63. The Kier molecular flexibility index (Phi) is 3.45. The van der Waals surface area contributed by atoms with Crippen molar-refractivity contribution in [3.63, 3.8) is 0 Å². The largest absolute Gasteiger partial charge is 0.505 e. The Morgan fingerprint density at radius 1 is 1.22 bits per heavy atom. The smallest absolute Gasteiger partial charge is 0.416 e. The van der Waals surface area contributed by atoms with Gasteiger partial charge in [0.1, 0.15) is 0 Å². The monoisotopic (exact) mass is 264 g/mol. The van der Waals surface area contributed by atoms with Crippen molar-refractivity contribution < 1.29 is 22.7 Å². The van der Waals surface area contributed by atoms with Gasteiger partial charge in [-0.2, -0.15) is 13.2 Å². The van der Waals surface area contributed by atoms with Crippen LogP contribution in [0.4, 0.5) is 17.6 Å². The van der Waals surface area contributed by atoms with Gasteiger partial charge in [0.05, 0.1) is 5.56 Å². The first-order chi connectivity index (χ1) is 8.41. The van der Waals surface area contributed by atoms with Crippen molar-refractivity contribution in [1.82, 2.24) is 10.6 Å². The van der Waals surface area contributed by atoms with Gasteiger partial charge in [-0.25, -0.2) is 4.39 Å². The number of halogens is 4. The summed E-state index contributed by atoms with van der Waals surface area (Å²) in [5.74, 6) is -1.99. The molecule has 1 aromatic carbocycles. The van der Waals surface area contributed by atoms with Gasteiger partial charge in [-0.15, -0.1) is 0 Å². The Morgan fingerprint density at radius 3 is 2.50 bits per heavy atom. The van der Waals surface area contributed by atoms with Crippen LogP contribution in [0.25, 0.3) is 0 Å². The molecule has 0 spiro atoms. The number of aromatic hydroxyl groups is 1. The number of piperazine rings is 1. The molecule has 3 nitrogen and oxygen atoms in total. The minimum absolute atomic E-state index is 0.208. The van der Waals surface area contributed by atoms with Crippen LogP contribution in [0.1, 0.15) is 17.2 Å². The Morgan fingerprint density at radius 2 is 1.94 bits per heavy atom. The van der Waals surface area contributed by atoms with Gasteiger partial charge >= 0.3 is 6.18 Å². The van der Waals surface area contributed by atoms with Crippen LogP contribution < -0.4 is 10.6 Å². The summed E-state index contributed by atoms with van der Waals surface area (Å²) in [5.41, 5.74) is -1.45. The summed E-state index contributed by atoms with van der Waals surface area (Å²) in [6, 6.07) is 0.518. The highest BCUT2D eigenvalue weighted by molar-refractivity contribution is 5.44. The van der Waals surface area contributed by atoms with Gasteiger partial charge in [0.25, 0.3) is 0 Å². The van der Waals surface area contributed by atoms with Crippen molar-refractivity contribution in [3.8, 4) is 5.75 Å². The third-order valence-electron chi connectivity index (χ3n) is 2.86. The molecule has 7 heteroatoms. The highest BCUT2D eigenvalue weighted by Gasteiger charge is 2.38. The van der Waals surface area contributed by atoms with Gasteiger partial charge in [-0.05, 0) is 12.1 Å². The fourth-order valence-electron chi connectivity index (χ4n) is 2.04. The average molecular weight is 264 g/mol. The molecule has 1 fully saturated rings. The first kappa shape index (κ1) is 13.1. The topological polar surface area (TPSA) is 44.3 Å². The van der Waals surface area contributed by atoms with Crippen LogP contribution >= 0.6 is 0 Å². The van der Waals surface area contributed by atoms with Crippen LogP contribution in [0, 0.1) is 5.82 Å². The Hall–Kier alpha value is -1.34. The summed E-state index contributed by atoms with van der Waals surface area (Å²) in [5, 5.41) is 15.3. The van der Waals surface area contributed by atoms with Gasteiger partial charge in [0.2, 0.25) is 0 Å². The number of phenols is 1. The number of alkyl halides is 3. The number of hydrogen-bond donors (Lipinski definition) is 3. The SMILES string of the molecule is Oc1c(F)ccc(C(F)(F)F)c1[C@H]1CNCCN1. The molecule has 1 aromatic rings. The summed E-state index contributed by atoms with van der Waals surface area (Å²) < 4.78 is 51.7. The van der Waals surface area contributed by atoms with Crippen molar-refractivity contribution in [2.24, 2.45) is 0 Å². The molecule has 3 N–H and O–H groups in total. The zero-order valence-corrected chi connectivity index (χ0v) is 9.31. The van der Waals surface area contributed by atoms with E-state index in [2.05, 4.69) is 10.6 Å². The zero-order chi connectivity index (χ0) is 13.3. The third kappa shape index (κ3) is 2.41. The van der Waals surface area contributed by atoms with Gasteiger partial charge < -0.3 is 15.7 Å². The van der Waals surface area contributed by atoms with E-state index in [0.717, 1.165) is 0 Å². The maximum Gasteiger partial charge on any atom is 0.416 e. The number of benzene rings is 1. The van der Waals surface area contributed by atoms with Crippen LogP contribution in [0.2, 0.25) is 0 Å². The molecule has 2 rings (SSSR count). The summed E-state index contributed by atoms with van der Waals surface area (Å²) in [6.45, 7) is 1.28. The van der Waals surface area contributed by atoms with E-state index in [1.165, 1.54) is 0 Å². The van der Waals surface area contributed by atoms with Crippen molar-refractivity contribution in [3.05, 3.63) is 29.1 Å². The number of hydrogen-bond acceptors (Lipinski definition) is 3. The second kappa shape index (κ2) is 4.74. The van der Waals surface area contributed by atoms with E-state index in [9.17, 15) is 22.7 Å². The van der Waals surface area contributed by atoms with Crippen molar-refractivity contribution >= 4 is 0 Å². The molecule has 0 radical (unpaired) electrons. The molecule has 1 aliphatic rings. The van der Waals surface area contributed by atoms with Gasteiger partial charge in [0, 0.05) is 31.2 Å². The quantitative estimate of drug-likeness (QED) is 0.677. The van der Waals surface area contributed by atoms with Crippen LogP contribution in [-0.2, 0) is 6.18 Å². The van der Waals surface area contributed by atoms with Crippen molar-refractivity contribution in [2.75, 3.05) is 19.6 Å². The van der Waals surface area contributed by atoms with E-state index in [1.807, 2.05) is 0 Å². The highest BCUT2D eigenvalue weighted by Crippen LogP contribution is 2.40. The fourth-order valence-corrected chi connectivity index (χ4v) is 2.04. The lowest BCUT2D eigenvalue weighted by molar-refractivity contribution is -0.138. The number of nitrogens with one attached hydrogen (secondary N) is 2. The summed E-state index contributed by atoms with van der Waals surface area (Å²) in [7, 11) is 0. The molecule has 1 saturated heterocycles. The average Bonchev–Trinajstić information content (AvgIpc) is 2.32. The number of phenolic OH excluding ortho intramolecular Hbond substituents is 1. The second-order valence-electron chi connectivity index (χ2n) is 4.07.